The van der Waals surface area contributed by atoms with Crippen LogP contribution in [0.1, 0.15) is 37.4 Å². The van der Waals surface area contributed by atoms with E-state index in [1.165, 1.54) is 11.1 Å². The van der Waals surface area contributed by atoms with Crippen LogP contribution >= 0.6 is 0 Å². The van der Waals surface area contributed by atoms with Crippen molar-refractivity contribution in [2.75, 3.05) is 26.3 Å². The van der Waals surface area contributed by atoms with Crippen molar-refractivity contribution in [3.8, 4) is 0 Å². The zero-order valence-electron chi connectivity index (χ0n) is 12.1. The van der Waals surface area contributed by atoms with E-state index in [1.807, 2.05) is 0 Å². The van der Waals surface area contributed by atoms with E-state index in [-0.39, 0.29) is 0 Å². The minimum absolute atomic E-state index is 0.453. The van der Waals surface area contributed by atoms with Crippen LogP contribution in [0.2, 0.25) is 0 Å². The molecule has 1 unspecified atom stereocenters. The highest BCUT2D eigenvalue weighted by atomic mass is 16.5. The van der Waals surface area contributed by atoms with Gasteiger partial charge in [-0.05, 0) is 30.0 Å². The van der Waals surface area contributed by atoms with Crippen molar-refractivity contribution < 1.29 is 4.74 Å². The van der Waals surface area contributed by atoms with Gasteiger partial charge in [-0.1, -0.05) is 38.1 Å². The molecule has 1 aliphatic rings. The summed E-state index contributed by atoms with van der Waals surface area (Å²) in [6, 6.07) is 9.17. The number of benzene rings is 1. The lowest BCUT2D eigenvalue weighted by molar-refractivity contribution is 0.110. The topological polar surface area (TPSA) is 33.3 Å². The van der Waals surface area contributed by atoms with E-state index < -0.39 is 0 Å². The highest BCUT2D eigenvalue weighted by Gasteiger charge is 2.16. The fourth-order valence-corrected chi connectivity index (χ4v) is 2.50. The second-order valence-electron chi connectivity index (χ2n) is 5.64. The minimum Gasteiger partial charge on any atom is -0.380 e. The molecule has 0 amide bonds. The molecule has 0 aliphatic carbocycles. The second kappa shape index (κ2) is 7.63. The standard InChI is InChI=1S/C16H26N2O/c1-13(2)12-19-10-9-18-16-7-8-17-11-14-5-3-4-6-15(14)16/h3-6,13,16-18H,7-12H2,1-2H3. The molecule has 0 spiro atoms. The van der Waals surface area contributed by atoms with Crippen molar-refractivity contribution in [2.24, 2.45) is 5.92 Å². The summed E-state index contributed by atoms with van der Waals surface area (Å²) in [5, 5.41) is 7.11. The Morgan fingerprint density at radius 3 is 3.05 bits per heavy atom. The fraction of sp³-hybridized carbons (Fsp3) is 0.625. The van der Waals surface area contributed by atoms with E-state index in [1.54, 1.807) is 0 Å². The molecule has 2 N–H and O–H groups in total. The highest BCUT2D eigenvalue weighted by Crippen LogP contribution is 2.23. The molecule has 1 aliphatic heterocycles. The minimum atomic E-state index is 0.453. The molecule has 0 saturated carbocycles. The van der Waals surface area contributed by atoms with Crippen molar-refractivity contribution in [1.82, 2.24) is 10.6 Å². The van der Waals surface area contributed by atoms with Gasteiger partial charge in [0.15, 0.2) is 0 Å². The summed E-state index contributed by atoms with van der Waals surface area (Å²) in [5.41, 5.74) is 2.86. The van der Waals surface area contributed by atoms with Crippen molar-refractivity contribution in [3.63, 3.8) is 0 Å². The van der Waals surface area contributed by atoms with Gasteiger partial charge in [-0.2, -0.15) is 0 Å². The lowest BCUT2D eigenvalue weighted by Gasteiger charge is -2.19. The molecule has 0 bridgehead atoms. The van der Waals surface area contributed by atoms with Crippen molar-refractivity contribution in [3.05, 3.63) is 35.4 Å². The van der Waals surface area contributed by atoms with E-state index in [2.05, 4.69) is 48.7 Å². The molecule has 1 atom stereocenters. The van der Waals surface area contributed by atoms with Crippen LogP contribution < -0.4 is 10.6 Å². The average molecular weight is 262 g/mol. The molecule has 3 heteroatoms. The van der Waals surface area contributed by atoms with E-state index in [0.29, 0.717) is 12.0 Å². The summed E-state index contributed by atoms with van der Waals surface area (Å²) in [4.78, 5) is 0. The summed E-state index contributed by atoms with van der Waals surface area (Å²) in [5.74, 6) is 0.614. The molecule has 19 heavy (non-hydrogen) atoms. The van der Waals surface area contributed by atoms with Gasteiger partial charge in [0.25, 0.3) is 0 Å². The van der Waals surface area contributed by atoms with Crippen LogP contribution in [0.3, 0.4) is 0 Å². The van der Waals surface area contributed by atoms with Gasteiger partial charge in [0.05, 0.1) is 6.61 Å². The largest absolute Gasteiger partial charge is 0.380 e. The van der Waals surface area contributed by atoms with Gasteiger partial charge in [0, 0.05) is 25.7 Å². The lowest BCUT2D eigenvalue weighted by atomic mass is 9.99. The number of ether oxygens (including phenoxy) is 1. The van der Waals surface area contributed by atoms with Crippen molar-refractivity contribution in [2.45, 2.75) is 32.9 Å². The van der Waals surface area contributed by atoms with Gasteiger partial charge in [0.1, 0.15) is 0 Å². The quantitative estimate of drug-likeness (QED) is 0.773. The van der Waals surface area contributed by atoms with Gasteiger partial charge in [-0.15, -0.1) is 0 Å². The van der Waals surface area contributed by atoms with E-state index >= 15 is 0 Å². The molecule has 0 fully saturated rings. The Hall–Kier alpha value is -0.900. The monoisotopic (exact) mass is 262 g/mol. The maximum Gasteiger partial charge on any atom is 0.0591 e. The predicted molar refractivity (Wildman–Crippen MR) is 79.2 cm³/mol. The molecule has 1 heterocycles. The van der Waals surface area contributed by atoms with Crippen LogP contribution in [-0.2, 0) is 11.3 Å². The van der Waals surface area contributed by atoms with Crippen LogP contribution in [0.5, 0.6) is 0 Å². The number of rotatable bonds is 6. The number of hydrogen-bond acceptors (Lipinski definition) is 3. The first kappa shape index (κ1) is 14.5. The molecule has 106 valence electrons. The first-order valence-corrected chi connectivity index (χ1v) is 7.37. The Morgan fingerprint density at radius 2 is 2.21 bits per heavy atom. The number of fused-ring (bicyclic) bond motifs is 1. The third-order valence-electron chi connectivity index (χ3n) is 3.44. The van der Waals surface area contributed by atoms with Crippen LogP contribution in [0.25, 0.3) is 0 Å². The predicted octanol–water partition coefficient (Wildman–Crippen LogP) is 2.48. The third-order valence-corrected chi connectivity index (χ3v) is 3.44. The Morgan fingerprint density at radius 1 is 1.37 bits per heavy atom. The Bertz CT molecular complexity index is 379. The zero-order chi connectivity index (χ0) is 13.5. The maximum atomic E-state index is 5.63. The molecule has 3 nitrogen and oxygen atoms in total. The van der Waals surface area contributed by atoms with Crippen LogP contribution in [0.4, 0.5) is 0 Å². The van der Waals surface area contributed by atoms with E-state index in [0.717, 1.165) is 39.3 Å². The Labute approximate surface area is 116 Å². The molecule has 2 rings (SSSR count). The first-order valence-electron chi connectivity index (χ1n) is 7.37. The van der Waals surface area contributed by atoms with Crippen LogP contribution in [0, 0.1) is 5.92 Å². The first-order chi connectivity index (χ1) is 9.27. The number of hydrogen-bond donors (Lipinski definition) is 2. The Balaban J connectivity index is 1.83. The molecular formula is C16H26N2O. The van der Waals surface area contributed by atoms with Gasteiger partial charge in [-0.25, -0.2) is 0 Å². The van der Waals surface area contributed by atoms with Gasteiger partial charge < -0.3 is 15.4 Å². The second-order valence-corrected chi connectivity index (χ2v) is 5.64. The third kappa shape index (κ3) is 4.60. The average Bonchev–Trinajstić information content (AvgIpc) is 2.61. The normalized spacial score (nSPS) is 19.2. The number of nitrogens with one attached hydrogen (secondary N) is 2. The van der Waals surface area contributed by atoms with Crippen LogP contribution in [0.15, 0.2) is 24.3 Å². The molecule has 0 aromatic heterocycles. The van der Waals surface area contributed by atoms with Crippen LogP contribution in [-0.4, -0.2) is 26.3 Å². The summed E-state index contributed by atoms with van der Waals surface area (Å²) >= 11 is 0. The zero-order valence-corrected chi connectivity index (χ0v) is 12.1. The SMILES string of the molecule is CC(C)COCCNC1CCNCc2ccccc21. The lowest BCUT2D eigenvalue weighted by Crippen LogP contribution is -2.27. The summed E-state index contributed by atoms with van der Waals surface area (Å²) in [6.45, 7) is 8.99. The summed E-state index contributed by atoms with van der Waals surface area (Å²) < 4.78 is 5.63. The van der Waals surface area contributed by atoms with Gasteiger partial charge >= 0.3 is 0 Å². The molecule has 1 aromatic carbocycles. The molecule has 1 aromatic rings. The van der Waals surface area contributed by atoms with Gasteiger partial charge in [-0.3, -0.25) is 0 Å². The summed E-state index contributed by atoms with van der Waals surface area (Å²) in [6.07, 6.45) is 1.14. The summed E-state index contributed by atoms with van der Waals surface area (Å²) in [7, 11) is 0. The van der Waals surface area contributed by atoms with Crippen molar-refractivity contribution in [1.29, 1.82) is 0 Å². The van der Waals surface area contributed by atoms with E-state index in [9.17, 15) is 0 Å². The Kier molecular flexibility index (Phi) is 5.83. The van der Waals surface area contributed by atoms with Crippen molar-refractivity contribution >= 4 is 0 Å². The van der Waals surface area contributed by atoms with E-state index in [4.69, 9.17) is 4.74 Å². The smallest absolute Gasteiger partial charge is 0.0591 e. The molecule has 0 radical (unpaired) electrons. The maximum absolute atomic E-state index is 5.63. The molecular weight excluding hydrogens is 236 g/mol. The fourth-order valence-electron chi connectivity index (χ4n) is 2.50. The molecule has 0 saturated heterocycles. The van der Waals surface area contributed by atoms with Gasteiger partial charge in [0.2, 0.25) is 0 Å². The highest BCUT2D eigenvalue weighted by molar-refractivity contribution is 5.30.